The van der Waals surface area contributed by atoms with Crippen molar-refractivity contribution in [1.82, 2.24) is 4.90 Å². The fourth-order valence-electron chi connectivity index (χ4n) is 4.78. The van der Waals surface area contributed by atoms with Crippen LogP contribution in [0.3, 0.4) is 0 Å². The highest BCUT2D eigenvalue weighted by Gasteiger charge is 2.38. The van der Waals surface area contributed by atoms with Gasteiger partial charge >= 0.3 is 0 Å². The zero-order valence-corrected chi connectivity index (χ0v) is 22.1. The number of rotatable bonds is 11. The van der Waals surface area contributed by atoms with Gasteiger partial charge < -0.3 is 19.0 Å². The van der Waals surface area contributed by atoms with Crippen molar-refractivity contribution < 1.29 is 27.8 Å². The first-order chi connectivity index (χ1) is 18.2. The third kappa shape index (κ3) is 5.90. The van der Waals surface area contributed by atoms with Crippen LogP contribution in [0.15, 0.2) is 83.3 Å². The maximum atomic E-state index is 14.2. The number of hydrogen-bond acceptors (Lipinski definition) is 5. The lowest BCUT2D eigenvalue weighted by atomic mass is 9.84. The Morgan fingerprint density at radius 1 is 0.842 bits per heavy atom. The van der Waals surface area contributed by atoms with Gasteiger partial charge in [-0.15, -0.1) is 0 Å². The number of benzene rings is 3. The van der Waals surface area contributed by atoms with Gasteiger partial charge in [-0.2, -0.15) is 0 Å². The Hall–Kier alpha value is -3.68. The Labute approximate surface area is 222 Å². The molecule has 4 rings (SSSR count). The number of para-hydroxylation sites is 1. The number of methoxy groups -OCH3 is 2. The van der Waals surface area contributed by atoms with Crippen LogP contribution < -0.4 is 9.47 Å². The van der Waals surface area contributed by atoms with Crippen molar-refractivity contribution in [1.29, 1.82) is 0 Å². The highest BCUT2D eigenvalue weighted by atomic mass is 19.1. The van der Waals surface area contributed by atoms with Crippen molar-refractivity contribution in [2.75, 3.05) is 20.8 Å². The molecule has 0 aliphatic carbocycles. The quantitative estimate of drug-likeness (QED) is 0.244. The molecule has 0 atom stereocenters. The molecule has 3 aromatic carbocycles. The van der Waals surface area contributed by atoms with Crippen molar-refractivity contribution in [2.45, 2.75) is 32.5 Å². The van der Waals surface area contributed by atoms with E-state index in [1.54, 1.807) is 38.5 Å². The molecule has 1 N–H and O–H groups in total. The van der Waals surface area contributed by atoms with E-state index in [4.69, 9.17) is 13.9 Å². The predicted molar refractivity (Wildman–Crippen MR) is 142 cm³/mol. The van der Waals surface area contributed by atoms with E-state index in [0.29, 0.717) is 36.3 Å². The summed E-state index contributed by atoms with van der Waals surface area (Å²) in [6, 6.07) is 20.5. The van der Waals surface area contributed by atoms with E-state index >= 15 is 0 Å². The molecule has 0 spiro atoms. The number of aliphatic hydroxyl groups is 1. The second-order valence-electron chi connectivity index (χ2n) is 9.71. The summed E-state index contributed by atoms with van der Waals surface area (Å²) in [7, 11) is 3.23. The Kier molecular flexibility index (Phi) is 8.49. The van der Waals surface area contributed by atoms with E-state index < -0.39 is 17.2 Å². The van der Waals surface area contributed by atoms with E-state index in [9.17, 15) is 13.9 Å². The molecule has 0 fully saturated rings. The first-order valence-electron chi connectivity index (χ1n) is 12.5. The molecule has 0 aliphatic heterocycles. The number of nitrogens with zero attached hydrogens (tertiary/aromatic N) is 1. The molecule has 0 unspecified atom stereocenters. The molecule has 0 bridgehead atoms. The molecule has 0 radical (unpaired) electrons. The summed E-state index contributed by atoms with van der Waals surface area (Å²) in [5.41, 5.74) is -0.440. The largest absolute Gasteiger partial charge is 0.493 e. The van der Waals surface area contributed by atoms with Crippen LogP contribution >= 0.6 is 0 Å². The average Bonchev–Trinajstić information content (AvgIpc) is 3.36. The summed E-state index contributed by atoms with van der Waals surface area (Å²) >= 11 is 0. The average molecular weight is 522 g/mol. The molecule has 4 aromatic rings. The van der Waals surface area contributed by atoms with Crippen LogP contribution in [0.1, 0.15) is 42.1 Å². The van der Waals surface area contributed by atoms with Crippen molar-refractivity contribution in [3.8, 4) is 11.5 Å². The van der Waals surface area contributed by atoms with Crippen LogP contribution in [0.4, 0.5) is 8.78 Å². The van der Waals surface area contributed by atoms with Gasteiger partial charge in [-0.05, 0) is 59.5 Å². The van der Waals surface area contributed by atoms with E-state index in [0.717, 1.165) is 12.1 Å². The second-order valence-corrected chi connectivity index (χ2v) is 9.71. The van der Waals surface area contributed by atoms with E-state index in [1.807, 2.05) is 18.2 Å². The topological polar surface area (TPSA) is 55.1 Å². The molecular weight excluding hydrogens is 488 g/mol. The number of furan rings is 1. The Morgan fingerprint density at radius 3 is 2.03 bits per heavy atom. The standard InChI is InChI=1S/C31H33F2NO4/c1-21(2)18-34(19-22-8-5-13-28(36-3)30(22)37-4)20-27-14-15-29(38-27)31(35,23-9-6-11-25(32)16-23)24-10-7-12-26(33)17-24/h5-17,21,35H,18-20H2,1-4H3. The third-order valence-electron chi connectivity index (χ3n) is 6.38. The summed E-state index contributed by atoms with van der Waals surface area (Å²) in [5, 5.41) is 12.0. The molecule has 0 aliphatic rings. The monoisotopic (exact) mass is 521 g/mol. The van der Waals surface area contributed by atoms with Crippen molar-refractivity contribution in [3.05, 3.63) is 119 Å². The van der Waals surface area contributed by atoms with Gasteiger partial charge in [-0.3, -0.25) is 4.90 Å². The van der Waals surface area contributed by atoms with Crippen LogP contribution in [0.5, 0.6) is 11.5 Å². The summed E-state index contributed by atoms with van der Waals surface area (Å²) in [5.74, 6) is 1.46. The number of hydrogen-bond donors (Lipinski definition) is 1. The molecular formula is C31H33F2NO4. The lowest BCUT2D eigenvalue weighted by Crippen LogP contribution is -2.29. The Bertz CT molecular complexity index is 1320. The number of ether oxygens (including phenoxy) is 2. The molecule has 0 saturated heterocycles. The van der Waals surface area contributed by atoms with Gasteiger partial charge in [0.15, 0.2) is 17.1 Å². The van der Waals surface area contributed by atoms with Crippen LogP contribution in [0, 0.1) is 17.6 Å². The summed E-state index contributed by atoms with van der Waals surface area (Å²) in [4.78, 5) is 2.22. The minimum atomic E-state index is -1.89. The fraction of sp³-hybridized carbons (Fsp3) is 0.290. The van der Waals surface area contributed by atoms with Gasteiger partial charge in [0.05, 0.1) is 20.8 Å². The smallest absolute Gasteiger partial charge is 0.173 e. The number of halogens is 2. The Balaban J connectivity index is 1.69. The van der Waals surface area contributed by atoms with Crippen LogP contribution in [0.2, 0.25) is 0 Å². The first kappa shape index (κ1) is 27.4. The molecule has 1 heterocycles. The minimum Gasteiger partial charge on any atom is -0.493 e. The highest BCUT2D eigenvalue weighted by molar-refractivity contribution is 5.47. The molecule has 0 saturated carbocycles. The highest BCUT2D eigenvalue weighted by Crippen LogP contribution is 2.38. The fourth-order valence-corrected chi connectivity index (χ4v) is 4.78. The zero-order chi connectivity index (χ0) is 27.3. The van der Waals surface area contributed by atoms with Gasteiger partial charge in [-0.25, -0.2) is 8.78 Å². The lowest BCUT2D eigenvalue weighted by molar-refractivity contribution is 0.0941. The first-order valence-corrected chi connectivity index (χ1v) is 12.5. The zero-order valence-electron chi connectivity index (χ0n) is 22.1. The van der Waals surface area contributed by atoms with Gasteiger partial charge in [0.25, 0.3) is 0 Å². The molecule has 1 aromatic heterocycles. The molecule has 7 heteroatoms. The van der Waals surface area contributed by atoms with Crippen LogP contribution in [0.25, 0.3) is 0 Å². The van der Waals surface area contributed by atoms with Crippen molar-refractivity contribution in [2.24, 2.45) is 5.92 Å². The van der Waals surface area contributed by atoms with E-state index in [2.05, 4.69) is 18.7 Å². The normalized spacial score (nSPS) is 11.8. The predicted octanol–water partition coefficient (Wildman–Crippen LogP) is 6.52. The summed E-state index contributed by atoms with van der Waals surface area (Å²) < 4.78 is 45.6. The van der Waals surface area contributed by atoms with Gasteiger partial charge in [0.1, 0.15) is 23.2 Å². The third-order valence-corrected chi connectivity index (χ3v) is 6.38. The van der Waals surface area contributed by atoms with Crippen molar-refractivity contribution >= 4 is 0 Å². The minimum absolute atomic E-state index is 0.173. The molecule has 0 amide bonds. The van der Waals surface area contributed by atoms with Gasteiger partial charge in [0, 0.05) is 18.7 Å². The second kappa shape index (κ2) is 11.8. The lowest BCUT2D eigenvalue weighted by Gasteiger charge is -2.28. The van der Waals surface area contributed by atoms with Crippen LogP contribution in [-0.4, -0.2) is 30.8 Å². The Morgan fingerprint density at radius 2 is 1.47 bits per heavy atom. The van der Waals surface area contributed by atoms with E-state index in [-0.39, 0.29) is 16.9 Å². The maximum absolute atomic E-state index is 14.2. The van der Waals surface area contributed by atoms with Crippen LogP contribution in [-0.2, 0) is 18.7 Å². The van der Waals surface area contributed by atoms with Crippen molar-refractivity contribution in [3.63, 3.8) is 0 Å². The molecule has 38 heavy (non-hydrogen) atoms. The molecule has 5 nitrogen and oxygen atoms in total. The van der Waals surface area contributed by atoms with Gasteiger partial charge in [0.2, 0.25) is 0 Å². The SMILES string of the molecule is COc1cccc(CN(Cc2ccc(C(O)(c3cccc(F)c3)c3cccc(F)c3)o2)CC(C)C)c1OC. The van der Waals surface area contributed by atoms with E-state index in [1.165, 1.54) is 36.4 Å². The maximum Gasteiger partial charge on any atom is 0.173 e. The summed E-state index contributed by atoms with van der Waals surface area (Å²) in [6.07, 6.45) is 0. The van der Waals surface area contributed by atoms with Gasteiger partial charge in [-0.1, -0.05) is 50.2 Å². The molecule has 200 valence electrons. The summed E-state index contributed by atoms with van der Waals surface area (Å²) in [6.45, 7) is 6.06.